The zero-order chi connectivity index (χ0) is 13.2. The Kier molecular flexibility index (Phi) is 3.25. The monoisotopic (exact) mass is 238 g/mol. The van der Waals surface area contributed by atoms with Gasteiger partial charge in [-0.1, -0.05) is 30.0 Å². The van der Waals surface area contributed by atoms with Gasteiger partial charge in [0.1, 0.15) is 0 Å². The van der Waals surface area contributed by atoms with Crippen molar-refractivity contribution in [2.45, 2.75) is 27.7 Å². The van der Waals surface area contributed by atoms with Crippen LogP contribution in [0.4, 0.5) is 0 Å². The van der Waals surface area contributed by atoms with Crippen molar-refractivity contribution in [3.05, 3.63) is 47.8 Å². The van der Waals surface area contributed by atoms with E-state index in [1.165, 1.54) is 5.56 Å². The van der Waals surface area contributed by atoms with Gasteiger partial charge in [0, 0.05) is 11.6 Å². The van der Waals surface area contributed by atoms with Crippen LogP contribution in [-0.2, 0) is 0 Å². The molecule has 92 valence electrons. The predicted octanol–water partition coefficient (Wildman–Crippen LogP) is 3.58. The van der Waals surface area contributed by atoms with E-state index in [2.05, 4.69) is 56.8 Å². The van der Waals surface area contributed by atoms with Gasteiger partial charge < -0.3 is 0 Å². The zero-order valence-electron chi connectivity index (χ0n) is 11.4. The number of para-hydroxylation sites is 1. The summed E-state index contributed by atoms with van der Waals surface area (Å²) in [7, 11) is 0. The highest BCUT2D eigenvalue weighted by atomic mass is 15.3. The number of aryl methyl sites for hydroxylation is 1. The van der Waals surface area contributed by atoms with Crippen molar-refractivity contribution in [2.75, 3.05) is 0 Å². The molecule has 0 N–H and O–H groups in total. The molecule has 0 fully saturated rings. The molecule has 1 aromatic heterocycles. The molecule has 0 unspecified atom stereocenters. The molecule has 1 aromatic carbocycles. The first kappa shape index (κ1) is 12.4. The van der Waals surface area contributed by atoms with Crippen LogP contribution in [0, 0.1) is 24.2 Å². The molecule has 0 aliphatic carbocycles. The number of hydrogen-bond acceptors (Lipinski definition) is 1. The van der Waals surface area contributed by atoms with Crippen molar-refractivity contribution in [1.29, 1.82) is 0 Å². The standard InChI is InChI=1S/C16H18N2/c1-13-7-5-6-8-15(13)18-12-14(11-17-18)9-10-16(2,3)4/h5-8,11-12H,1-4H3. The topological polar surface area (TPSA) is 17.8 Å². The van der Waals surface area contributed by atoms with E-state index in [0.717, 1.165) is 11.3 Å². The Balaban J connectivity index is 2.31. The fourth-order valence-electron chi connectivity index (χ4n) is 1.60. The number of nitrogens with zero attached hydrogens (tertiary/aromatic N) is 2. The first-order valence-corrected chi connectivity index (χ1v) is 6.09. The van der Waals surface area contributed by atoms with Crippen LogP contribution in [0.5, 0.6) is 0 Å². The van der Waals surface area contributed by atoms with Gasteiger partial charge in [0.05, 0.1) is 17.4 Å². The Morgan fingerprint density at radius 1 is 1.17 bits per heavy atom. The van der Waals surface area contributed by atoms with Crippen LogP contribution in [0.3, 0.4) is 0 Å². The second-order valence-corrected chi connectivity index (χ2v) is 5.46. The summed E-state index contributed by atoms with van der Waals surface area (Å²) in [4.78, 5) is 0. The molecule has 0 aliphatic rings. The van der Waals surface area contributed by atoms with E-state index < -0.39 is 0 Å². The van der Waals surface area contributed by atoms with Gasteiger partial charge in [-0.3, -0.25) is 0 Å². The maximum Gasteiger partial charge on any atom is 0.0675 e. The van der Waals surface area contributed by atoms with Gasteiger partial charge in [-0.15, -0.1) is 0 Å². The number of rotatable bonds is 1. The van der Waals surface area contributed by atoms with Crippen LogP contribution in [0.15, 0.2) is 36.7 Å². The van der Waals surface area contributed by atoms with Gasteiger partial charge in [0.25, 0.3) is 0 Å². The zero-order valence-corrected chi connectivity index (χ0v) is 11.4. The van der Waals surface area contributed by atoms with Crippen molar-refractivity contribution in [3.63, 3.8) is 0 Å². The van der Waals surface area contributed by atoms with Crippen molar-refractivity contribution in [2.24, 2.45) is 5.41 Å². The SMILES string of the molecule is Cc1ccccc1-n1cc(C#CC(C)(C)C)cn1. The van der Waals surface area contributed by atoms with Crippen LogP contribution in [0.2, 0.25) is 0 Å². The molecule has 2 aromatic rings. The molecule has 0 aliphatic heterocycles. The summed E-state index contributed by atoms with van der Waals surface area (Å²) in [5.74, 6) is 6.38. The van der Waals surface area contributed by atoms with Crippen LogP contribution in [0.25, 0.3) is 5.69 Å². The quantitative estimate of drug-likeness (QED) is 0.694. The lowest BCUT2D eigenvalue weighted by Crippen LogP contribution is -1.99. The van der Waals surface area contributed by atoms with E-state index >= 15 is 0 Å². The van der Waals surface area contributed by atoms with Gasteiger partial charge in [-0.2, -0.15) is 5.10 Å². The van der Waals surface area contributed by atoms with Crippen molar-refractivity contribution in [3.8, 4) is 17.5 Å². The minimum absolute atomic E-state index is 0.0186. The highest BCUT2D eigenvalue weighted by Gasteiger charge is 2.05. The molecule has 2 rings (SSSR count). The lowest BCUT2D eigenvalue weighted by Gasteiger charge is -2.06. The van der Waals surface area contributed by atoms with E-state index in [4.69, 9.17) is 0 Å². The lowest BCUT2D eigenvalue weighted by molar-refractivity contribution is 0.571. The number of aromatic nitrogens is 2. The van der Waals surface area contributed by atoms with Crippen LogP contribution >= 0.6 is 0 Å². The molecule has 2 nitrogen and oxygen atoms in total. The first-order chi connectivity index (χ1) is 8.46. The summed E-state index contributed by atoms with van der Waals surface area (Å²) >= 11 is 0. The molecule has 2 heteroatoms. The minimum Gasteiger partial charge on any atom is -0.239 e. The molecule has 0 atom stereocenters. The van der Waals surface area contributed by atoms with Gasteiger partial charge in [0.2, 0.25) is 0 Å². The highest BCUT2D eigenvalue weighted by molar-refractivity contribution is 5.41. The summed E-state index contributed by atoms with van der Waals surface area (Å²) in [6, 6.07) is 8.19. The Hall–Kier alpha value is -2.01. The van der Waals surface area contributed by atoms with Gasteiger partial charge in [-0.05, 0) is 39.3 Å². The Bertz CT molecular complexity index is 604. The summed E-state index contributed by atoms with van der Waals surface area (Å²) in [5, 5.41) is 4.36. The molecule has 1 heterocycles. The smallest absolute Gasteiger partial charge is 0.0675 e. The van der Waals surface area contributed by atoms with E-state index in [0.29, 0.717) is 0 Å². The van der Waals surface area contributed by atoms with Gasteiger partial charge in [0.15, 0.2) is 0 Å². The summed E-state index contributed by atoms with van der Waals surface area (Å²) in [6.45, 7) is 8.39. The van der Waals surface area contributed by atoms with Gasteiger partial charge in [-0.25, -0.2) is 4.68 Å². The Morgan fingerprint density at radius 2 is 1.89 bits per heavy atom. The molecular weight excluding hydrogens is 220 g/mol. The minimum atomic E-state index is 0.0186. The second kappa shape index (κ2) is 4.70. The average Bonchev–Trinajstić information content (AvgIpc) is 2.75. The summed E-state index contributed by atoms with van der Waals surface area (Å²) in [6.07, 6.45) is 3.78. The van der Waals surface area contributed by atoms with Gasteiger partial charge >= 0.3 is 0 Å². The molecule has 0 saturated heterocycles. The largest absolute Gasteiger partial charge is 0.239 e. The third kappa shape index (κ3) is 3.01. The maximum atomic E-state index is 4.36. The molecule has 0 saturated carbocycles. The number of hydrogen-bond donors (Lipinski definition) is 0. The lowest BCUT2D eigenvalue weighted by atomic mass is 9.98. The normalized spacial score (nSPS) is 10.9. The first-order valence-electron chi connectivity index (χ1n) is 6.09. The van der Waals surface area contributed by atoms with Crippen molar-refractivity contribution < 1.29 is 0 Å². The third-order valence-electron chi connectivity index (χ3n) is 2.53. The Morgan fingerprint density at radius 3 is 2.56 bits per heavy atom. The van der Waals surface area contributed by atoms with Crippen molar-refractivity contribution >= 4 is 0 Å². The van der Waals surface area contributed by atoms with E-state index in [-0.39, 0.29) is 5.41 Å². The summed E-state index contributed by atoms with van der Waals surface area (Å²) < 4.78 is 1.88. The van der Waals surface area contributed by atoms with E-state index in [9.17, 15) is 0 Å². The summed E-state index contributed by atoms with van der Waals surface area (Å²) in [5.41, 5.74) is 3.27. The molecule has 18 heavy (non-hydrogen) atoms. The van der Waals surface area contributed by atoms with E-state index in [1.807, 2.05) is 29.2 Å². The molecular formula is C16H18N2. The van der Waals surface area contributed by atoms with E-state index in [1.54, 1.807) is 0 Å². The maximum absolute atomic E-state index is 4.36. The van der Waals surface area contributed by atoms with Crippen LogP contribution in [-0.4, -0.2) is 9.78 Å². The molecule has 0 radical (unpaired) electrons. The molecule has 0 amide bonds. The highest BCUT2D eigenvalue weighted by Crippen LogP contribution is 2.14. The van der Waals surface area contributed by atoms with Crippen LogP contribution in [0.1, 0.15) is 31.9 Å². The predicted molar refractivity (Wildman–Crippen MR) is 74.6 cm³/mol. The fraction of sp³-hybridized carbons (Fsp3) is 0.312. The second-order valence-electron chi connectivity index (χ2n) is 5.46. The molecule has 0 spiro atoms. The third-order valence-corrected chi connectivity index (χ3v) is 2.53. The Labute approximate surface area is 109 Å². The fourth-order valence-corrected chi connectivity index (χ4v) is 1.60. The van der Waals surface area contributed by atoms with Crippen molar-refractivity contribution in [1.82, 2.24) is 9.78 Å². The van der Waals surface area contributed by atoms with Crippen LogP contribution < -0.4 is 0 Å². The number of benzene rings is 1. The average molecular weight is 238 g/mol. The molecule has 0 bridgehead atoms.